The first-order valence-corrected chi connectivity index (χ1v) is 7.78. The zero-order chi connectivity index (χ0) is 15.4. The molecular formula is C19H21NO2. The maximum absolute atomic E-state index is 11.0. The second kappa shape index (κ2) is 6.32. The summed E-state index contributed by atoms with van der Waals surface area (Å²) in [6.07, 6.45) is 3.73. The summed E-state index contributed by atoms with van der Waals surface area (Å²) in [5, 5.41) is 12.6. The number of hydrogen-bond donors (Lipinski definition) is 2. The normalized spacial score (nSPS) is 16.0. The molecule has 0 spiro atoms. The van der Waals surface area contributed by atoms with Crippen LogP contribution in [0, 0.1) is 0 Å². The Morgan fingerprint density at radius 3 is 2.50 bits per heavy atom. The van der Waals surface area contributed by atoms with Gasteiger partial charge in [-0.1, -0.05) is 48.9 Å². The van der Waals surface area contributed by atoms with E-state index in [1.165, 1.54) is 24.8 Å². The van der Waals surface area contributed by atoms with Crippen LogP contribution in [-0.4, -0.2) is 17.6 Å². The smallest absolute Gasteiger partial charge is 0.335 e. The third kappa shape index (κ3) is 3.04. The summed E-state index contributed by atoms with van der Waals surface area (Å²) >= 11 is 0. The number of nitrogens with one attached hydrogen (secondary N) is 1. The molecule has 1 aliphatic carbocycles. The van der Waals surface area contributed by atoms with Crippen molar-refractivity contribution in [2.45, 2.75) is 31.2 Å². The summed E-state index contributed by atoms with van der Waals surface area (Å²) in [5.74, 6) is -0.874. The maximum Gasteiger partial charge on any atom is 0.335 e. The van der Waals surface area contributed by atoms with Gasteiger partial charge in [0.1, 0.15) is 0 Å². The van der Waals surface area contributed by atoms with Crippen LogP contribution in [0.3, 0.4) is 0 Å². The van der Waals surface area contributed by atoms with Gasteiger partial charge in [0, 0.05) is 18.5 Å². The third-order valence-corrected chi connectivity index (χ3v) is 4.66. The van der Waals surface area contributed by atoms with E-state index in [9.17, 15) is 4.79 Å². The Labute approximate surface area is 131 Å². The lowest BCUT2D eigenvalue weighted by Crippen LogP contribution is -2.43. The molecule has 1 saturated carbocycles. The van der Waals surface area contributed by atoms with E-state index in [1.807, 2.05) is 6.07 Å². The fraction of sp³-hybridized carbons (Fsp3) is 0.316. The minimum Gasteiger partial charge on any atom is -0.478 e. The zero-order valence-corrected chi connectivity index (χ0v) is 12.6. The predicted octanol–water partition coefficient (Wildman–Crippen LogP) is 3.60. The van der Waals surface area contributed by atoms with Crippen LogP contribution >= 0.6 is 0 Å². The van der Waals surface area contributed by atoms with Crippen molar-refractivity contribution < 1.29 is 9.90 Å². The largest absolute Gasteiger partial charge is 0.478 e. The number of benzene rings is 2. The molecule has 2 aromatic carbocycles. The molecule has 22 heavy (non-hydrogen) atoms. The maximum atomic E-state index is 11.0. The SMILES string of the molecule is O=C(O)c1cccc(CNCC2(c3ccccc3)CCC2)c1. The van der Waals surface area contributed by atoms with Gasteiger partial charge in [0.2, 0.25) is 0 Å². The highest BCUT2D eigenvalue weighted by Crippen LogP contribution is 2.43. The minimum atomic E-state index is -0.874. The summed E-state index contributed by atoms with van der Waals surface area (Å²) in [6, 6.07) is 17.8. The Morgan fingerprint density at radius 2 is 1.86 bits per heavy atom. The monoisotopic (exact) mass is 295 g/mol. The Balaban J connectivity index is 1.63. The highest BCUT2D eigenvalue weighted by molar-refractivity contribution is 5.87. The molecule has 1 fully saturated rings. The van der Waals surface area contributed by atoms with Crippen LogP contribution in [-0.2, 0) is 12.0 Å². The number of carboxylic acids is 1. The number of rotatable bonds is 6. The Morgan fingerprint density at radius 1 is 1.09 bits per heavy atom. The molecule has 0 radical (unpaired) electrons. The van der Waals surface area contributed by atoms with Crippen LogP contribution in [0.4, 0.5) is 0 Å². The van der Waals surface area contributed by atoms with Gasteiger partial charge in [-0.25, -0.2) is 4.79 Å². The third-order valence-electron chi connectivity index (χ3n) is 4.66. The molecule has 0 bridgehead atoms. The molecule has 2 N–H and O–H groups in total. The lowest BCUT2D eigenvalue weighted by Gasteiger charge is -2.43. The highest BCUT2D eigenvalue weighted by atomic mass is 16.4. The van der Waals surface area contributed by atoms with Gasteiger partial charge >= 0.3 is 5.97 Å². The van der Waals surface area contributed by atoms with Crippen LogP contribution in [0.25, 0.3) is 0 Å². The molecule has 0 aliphatic heterocycles. The molecule has 2 aromatic rings. The van der Waals surface area contributed by atoms with Crippen molar-refractivity contribution in [3.05, 3.63) is 71.3 Å². The first-order chi connectivity index (χ1) is 10.7. The second-order valence-electron chi connectivity index (χ2n) is 6.11. The van der Waals surface area contributed by atoms with Crippen LogP contribution in [0.1, 0.15) is 40.7 Å². The minimum absolute atomic E-state index is 0.256. The topological polar surface area (TPSA) is 49.3 Å². The van der Waals surface area contributed by atoms with Crippen molar-refractivity contribution in [1.82, 2.24) is 5.32 Å². The van der Waals surface area contributed by atoms with E-state index in [0.717, 1.165) is 12.1 Å². The van der Waals surface area contributed by atoms with Crippen molar-refractivity contribution >= 4 is 5.97 Å². The molecule has 3 rings (SSSR count). The average molecular weight is 295 g/mol. The van der Waals surface area contributed by atoms with Crippen molar-refractivity contribution in [2.75, 3.05) is 6.54 Å². The van der Waals surface area contributed by atoms with Crippen LogP contribution in [0.15, 0.2) is 54.6 Å². The Kier molecular flexibility index (Phi) is 4.25. The van der Waals surface area contributed by atoms with Gasteiger partial charge < -0.3 is 10.4 Å². The van der Waals surface area contributed by atoms with Crippen LogP contribution in [0.2, 0.25) is 0 Å². The molecule has 0 amide bonds. The predicted molar refractivity (Wildman–Crippen MR) is 87.1 cm³/mol. The molecule has 1 aliphatic rings. The molecule has 3 heteroatoms. The van der Waals surface area contributed by atoms with Gasteiger partial charge in [-0.3, -0.25) is 0 Å². The highest BCUT2D eigenvalue weighted by Gasteiger charge is 2.37. The van der Waals surface area contributed by atoms with Crippen molar-refractivity contribution in [3.63, 3.8) is 0 Å². The second-order valence-corrected chi connectivity index (χ2v) is 6.11. The number of carbonyl (C=O) groups is 1. The quantitative estimate of drug-likeness (QED) is 0.856. The Bertz CT molecular complexity index is 647. The Hall–Kier alpha value is -2.13. The lowest BCUT2D eigenvalue weighted by atomic mass is 9.64. The summed E-state index contributed by atoms with van der Waals surface area (Å²) in [4.78, 5) is 11.0. The molecule has 114 valence electrons. The summed E-state index contributed by atoms with van der Waals surface area (Å²) < 4.78 is 0. The summed E-state index contributed by atoms with van der Waals surface area (Å²) in [6.45, 7) is 1.64. The van der Waals surface area contributed by atoms with E-state index in [1.54, 1.807) is 18.2 Å². The number of hydrogen-bond acceptors (Lipinski definition) is 2. The van der Waals surface area contributed by atoms with E-state index in [-0.39, 0.29) is 5.41 Å². The average Bonchev–Trinajstić information content (AvgIpc) is 2.51. The zero-order valence-electron chi connectivity index (χ0n) is 12.6. The van der Waals surface area contributed by atoms with Gasteiger partial charge in [-0.05, 0) is 36.1 Å². The van der Waals surface area contributed by atoms with Gasteiger partial charge in [0.25, 0.3) is 0 Å². The first kappa shape index (κ1) is 14.8. The molecule has 0 saturated heterocycles. The van der Waals surface area contributed by atoms with Crippen LogP contribution < -0.4 is 5.32 Å². The van der Waals surface area contributed by atoms with E-state index in [0.29, 0.717) is 12.1 Å². The summed E-state index contributed by atoms with van der Waals surface area (Å²) in [5.41, 5.74) is 3.03. The van der Waals surface area contributed by atoms with Gasteiger partial charge in [0.05, 0.1) is 5.56 Å². The molecule has 3 nitrogen and oxygen atoms in total. The van der Waals surface area contributed by atoms with E-state index >= 15 is 0 Å². The standard InChI is InChI=1S/C19H21NO2/c21-18(22)16-7-4-6-15(12-16)13-20-14-19(10-5-11-19)17-8-2-1-3-9-17/h1-4,6-9,12,20H,5,10-11,13-14H2,(H,21,22). The lowest BCUT2D eigenvalue weighted by molar-refractivity contribution is 0.0696. The fourth-order valence-electron chi connectivity index (χ4n) is 3.22. The fourth-order valence-corrected chi connectivity index (χ4v) is 3.22. The first-order valence-electron chi connectivity index (χ1n) is 7.78. The van der Waals surface area contributed by atoms with E-state index in [4.69, 9.17) is 5.11 Å². The van der Waals surface area contributed by atoms with E-state index < -0.39 is 5.97 Å². The van der Waals surface area contributed by atoms with Crippen molar-refractivity contribution in [2.24, 2.45) is 0 Å². The van der Waals surface area contributed by atoms with Gasteiger partial charge in [-0.2, -0.15) is 0 Å². The molecule has 0 atom stereocenters. The molecule has 0 heterocycles. The molecule has 0 unspecified atom stereocenters. The number of carboxylic acid groups (broad SMARTS) is 1. The van der Waals surface area contributed by atoms with Crippen LogP contribution in [0.5, 0.6) is 0 Å². The van der Waals surface area contributed by atoms with Crippen molar-refractivity contribution in [1.29, 1.82) is 0 Å². The summed E-state index contributed by atoms with van der Waals surface area (Å²) in [7, 11) is 0. The van der Waals surface area contributed by atoms with Gasteiger partial charge in [-0.15, -0.1) is 0 Å². The van der Waals surface area contributed by atoms with Gasteiger partial charge in [0.15, 0.2) is 0 Å². The number of aromatic carboxylic acids is 1. The van der Waals surface area contributed by atoms with E-state index in [2.05, 4.69) is 35.6 Å². The molecular weight excluding hydrogens is 274 g/mol. The van der Waals surface area contributed by atoms with Crippen molar-refractivity contribution in [3.8, 4) is 0 Å². The molecule has 0 aromatic heterocycles.